The molecule has 0 unspecified atom stereocenters. The van der Waals surface area contributed by atoms with Crippen LogP contribution in [0.15, 0.2) is 30.3 Å². The minimum Gasteiger partial charge on any atom is -0.445 e. The molecule has 0 saturated heterocycles. The van der Waals surface area contributed by atoms with E-state index in [1.165, 1.54) is 0 Å². The third-order valence-corrected chi connectivity index (χ3v) is 2.42. The molecule has 2 N–H and O–H groups in total. The Hall–Kier alpha value is -2.04. The number of nitrogens with one attached hydrogen (secondary N) is 2. The zero-order valence-corrected chi connectivity index (χ0v) is 12.2. The molecular weight excluding hydrogens is 256 g/mol. The Balaban J connectivity index is 2.18. The summed E-state index contributed by atoms with van der Waals surface area (Å²) in [4.78, 5) is 22.9. The molecule has 0 bridgehead atoms. The Bertz CT molecular complexity index is 438. The predicted octanol–water partition coefficient (Wildman–Crippen LogP) is 2.08. The van der Waals surface area contributed by atoms with E-state index in [0.29, 0.717) is 6.54 Å². The van der Waals surface area contributed by atoms with Crippen LogP contribution in [-0.2, 0) is 16.1 Å². The summed E-state index contributed by atoms with van der Waals surface area (Å²) in [5, 5.41) is 5.16. The van der Waals surface area contributed by atoms with Gasteiger partial charge in [0, 0.05) is 6.54 Å². The van der Waals surface area contributed by atoms with Crippen LogP contribution >= 0.6 is 0 Å². The second-order valence-electron chi connectivity index (χ2n) is 5.75. The van der Waals surface area contributed by atoms with Crippen molar-refractivity contribution in [3.63, 3.8) is 0 Å². The van der Waals surface area contributed by atoms with E-state index in [-0.39, 0.29) is 24.5 Å². The third-order valence-electron chi connectivity index (χ3n) is 2.42. The van der Waals surface area contributed by atoms with E-state index in [2.05, 4.69) is 10.6 Å². The molecule has 2 amide bonds. The van der Waals surface area contributed by atoms with E-state index >= 15 is 0 Å². The molecule has 0 aliphatic carbocycles. The maximum Gasteiger partial charge on any atom is 0.407 e. The van der Waals surface area contributed by atoms with Gasteiger partial charge in [-0.3, -0.25) is 4.79 Å². The number of carbonyl (C=O) groups is 2. The summed E-state index contributed by atoms with van der Waals surface area (Å²) in [6.07, 6.45) is -0.597. The highest BCUT2D eigenvalue weighted by Crippen LogP contribution is 2.09. The Kier molecular flexibility index (Phi) is 6.03. The fourth-order valence-corrected chi connectivity index (χ4v) is 1.35. The van der Waals surface area contributed by atoms with E-state index in [1.54, 1.807) is 0 Å². The Labute approximate surface area is 119 Å². The van der Waals surface area contributed by atoms with Crippen molar-refractivity contribution in [2.75, 3.05) is 13.1 Å². The SMILES string of the molecule is CC(C)(C)CNC(=O)CNC(=O)OCc1ccccc1. The molecule has 1 aromatic carbocycles. The fourth-order valence-electron chi connectivity index (χ4n) is 1.35. The van der Waals surface area contributed by atoms with Crippen molar-refractivity contribution in [1.82, 2.24) is 10.6 Å². The number of alkyl carbamates (subject to hydrolysis) is 1. The van der Waals surface area contributed by atoms with E-state index in [9.17, 15) is 9.59 Å². The van der Waals surface area contributed by atoms with E-state index in [4.69, 9.17) is 4.74 Å². The first-order valence-electron chi connectivity index (χ1n) is 6.58. The molecule has 0 heterocycles. The van der Waals surface area contributed by atoms with Crippen molar-refractivity contribution in [3.05, 3.63) is 35.9 Å². The number of carbonyl (C=O) groups excluding carboxylic acids is 2. The average molecular weight is 278 g/mol. The zero-order chi connectivity index (χ0) is 15.0. The number of ether oxygens (including phenoxy) is 1. The predicted molar refractivity (Wildman–Crippen MR) is 77.1 cm³/mol. The first kappa shape index (κ1) is 16.0. The minimum atomic E-state index is -0.597. The van der Waals surface area contributed by atoms with Gasteiger partial charge in [0.1, 0.15) is 6.61 Å². The molecule has 0 aromatic heterocycles. The molecule has 0 radical (unpaired) electrons. The molecular formula is C15H22N2O3. The summed E-state index contributed by atoms with van der Waals surface area (Å²) in [6.45, 7) is 6.74. The lowest BCUT2D eigenvalue weighted by Gasteiger charge is -2.18. The topological polar surface area (TPSA) is 67.4 Å². The lowest BCUT2D eigenvalue weighted by molar-refractivity contribution is -0.120. The molecule has 20 heavy (non-hydrogen) atoms. The van der Waals surface area contributed by atoms with Gasteiger partial charge in [0.05, 0.1) is 6.54 Å². The van der Waals surface area contributed by atoms with Gasteiger partial charge in [-0.05, 0) is 11.0 Å². The summed E-state index contributed by atoms with van der Waals surface area (Å²) in [5.41, 5.74) is 0.920. The van der Waals surface area contributed by atoms with Crippen LogP contribution in [0, 0.1) is 5.41 Å². The Morgan fingerprint density at radius 2 is 1.75 bits per heavy atom. The molecule has 0 saturated carbocycles. The van der Waals surface area contributed by atoms with Crippen LogP contribution in [-0.4, -0.2) is 25.1 Å². The Morgan fingerprint density at radius 3 is 2.35 bits per heavy atom. The lowest BCUT2D eigenvalue weighted by atomic mass is 9.97. The minimum absolute atomic E-state index is 0.0173. The summed E-state index contributed by atoms with van der Waals surface area (Å²) in [6, 6.07) is 9.36. The molecule has 5 nitrogen and oxygen atoms in total. The quantitative estimate of drug-likeness (QED) is 0.866. The maximum absolute atomic E-state index is 11.5. The normalized spacial score (nSPS) is 10.8. The highest BCUT2D eigenvalue weighted by molar-refractivity contribution is 5.82. The maximum atomic E-state index is 11.5. The van der Waals surface area contributed by atoms with E-state index < -0.39 is 6.09 Å². The molecule has 1 aromatic rings. The molecule has 110 valence electrons. The lowest BCUT2D eigenvalue weighted by Crippen LogP contribution is -2.40. The van der Waals surface area contributed by atoms with Crippen molar-refractivity contribution in [2.24, 2.45) is 5.41 Å². The molecule has 5 heteroatoms. The van der Waals surface area contributed by atoms with Gasteiger partial charge in [-0.15, -0.1) is 0 Å². The van der Waals surface area contributed by atoms with Gasteiger partial charge in [-0.2, -0.15) is 0 Å². The molecule has 0 aliphatic rings. The van der Waals surface area contributed by atoms with Crippen molar-refractivity contribution in [3.8, 4) is 0 Å². The van der Waals surface area contributed by atoms with E-state index in [0.717, 1.165) is 5.56 Å². The summed E-state index contributed by atoms with van der Waals surface area (Å²) in [5.74, 6) is -0.225. The molecule has 0 fully saturated rings. The number of rotatable bonds is 5. The second-order valence-corrected chi connectivity index (χ2v) is 5.75. The van der Waals surface area contributed by atoms with Crippen LogP contribution in [0.25, 0.3) is 0 Å². The van der Waals surface area contributed by atoms with Gasteiger partial charge < -0.3 is 15.4 Å². The summed E-state index contributed by atoms with van der Waals surface area (Å²) in [7, 11) is 0. The van der Waals surface area contributed by atoms with Crippen LogP contribution in [0.1, 0.15) is 26.3 Å². The van der Waals surface area contributed by atoms with Gasteiger partial charge in [0.25, 0.3) is 0 Å². The van der Waals surface area contributed by atoms with Crippen LogP contribution in [0.2, 0.25) is 0 Å². The fraction of sp³-hybridized carbons (Fsp3) is 0.467. The van der Waals surface area contributed by atoms with E-state index in [1.807, 2.05) is 51.1 Å². The standard InChI is InChI=1S/C15H22N2O3/c1-15(2,3)11-17-13(18)9-16-14(19)20-10-12-7-5-4-6-8-12/h4-8H,9-11H2,1-3H3,(H,16,19)(H,17,18). The number of amides is 2. The Morgan fingerprint density at radius 1 is 1.10 bits per heavy atom. The number of hydrogen-bond acceptors (Lipinski definition) is 3. The van der Waals surface area contributed by atoms with Crippen LogP contribution in [0.4, 0.5) is 4.79 Å². The summed E-state index contributed by atoms with van der Waals surface area (Å²) < 4.78 is 4.99. The largest absolute Gasteiger partial charge is 0.445 e. The van der Waals surface area contributed by atoms with Crippen molar-refractivity contribution < 1.29 is 14.3 Å². The second kappa shape index (κ2) is 7.53. The van der Waals surface area contributed by atoms with Crippen molar-refractivity contribution >= 4 is 12.0 Å². The van der Waals surface area contributed by atoms with Crippen LogP contribution < -0.4 is 10.6 Å². The van der Waals surface area contributed by atoms with Gasteiger partial charge in [0.2, 0.25) is 5.91 Å². The zero-order valence-electron chi connectivity index (χ0n) is 12.2. The smallest absolute Gasteiger partial charge is 0.407 e. The van der Waals surface area contributed by atoms with Crippen LogP contribution in [0.3, 0.4) is 0 Å². The van der Waals surface area contributed by atoms with Gasteiger partial charge >= 0.3 is 6.09 Å². The van der Waals surface area contributed by atoms with Crippen molar-refractivity contribution in [1.29, 1.82) is 0 Å². The van der Waals surface area contributed by atoms with Gasteiger partial charge in [0.15, 0.2) is 0 Å². The monoisotopic (exact) mass is 278 g/mol. The molecule has 0 spiro atoms. The highest BCUT2D eigenvalue weighted by Gasteiger charge is 2.12. The molecule has 0 aliphatic heterocycles. The highest BCUT2D eigenvalue weighted by atomic mass is 16.5. The van der Waals surface area contributed by atoms with Gasteiger partial charge in [-0.25, -0.2) is 4.79 Å². The van der Waals surface area contributed by atoms with Crippen LogP contribution in [0.5, 0.6) is 0 Å². The van der Waals surface area contributed by atoms with Gasteiger partial charge in [-0.1, -0.05) is 51.1 Å². The third kappa shape index (κ3) is 7.41. The molecule has 1 rings (SSSR count). The first-order valence-corrected chi connectivity index (χ1v) is 6.58. The number of hydrogen-bond donors (Lipinski definition) is 2. The molecule has 0 atom stereocenters. The van der Waals surface area contributed by atoms with Crippen molar-refractivity contribution in [2.45, 2.75) is 27.4 Å². The average Bonchev–Trinajstić information content (AvgIpc) is 2.41. The summed E-state index contributed by atoms with van der Waals surface area (Å²) >= 11 is 0. The first-order chi connectivity index (χ1) is 9.37. The number of benzene rings is 1.